The topological polar surface area (TPSA) is 64.6 Å². The van der Waals surface area contributed by atoms with Crippen molar-refractivity contribution in [1.29, 1.82) is 0 Å². The third-order valence-electron chi connectivity index (χ3n) is 4.50. The Morgan fingerprint density at radius 1 is 1.26 bits per heavy atom. The standard InChI is InChI=1S/C18H23NO4/c1-17(2,3)23-16(21)19-13-7-5-12(6-8-13)14-11-18(9-4-10-18)15(20)22-14/h5-8,14H,4,9-11H2,1-3H3,(H,19,21). The summed E-state index contributed by atoms with van der Waals surface area (Å²) in [6.07, 6.45) is 3.12. The summed E-state index contributed by atoms with van der Waals surface area (Å²) in [6.45, 7) is 5.46. The summed E-state index contributed by atoms with van der Waals surface area (Å²) in [7, 11) is 0. The van der Waals surface area contributed by atoms with Gasteiger partial charge in [-0.25, -0.2) is 4.79 Å². The summed E-state index contributed by atoms with van der Waals surface area (Å²) in [5, 5.41) is 2.69. The number of benzene rings is 1. The summed E-state index contributed by atoms with van der Waals surface area (Å²) in [4.78, 5) is 23.8. The highest BCUT2D eigenvalue weighted by Crippen LogP contribution is 2.54. The Hall–Kier alpha value is -2.04. The monoisotopic (exact) mass is 317 g/mol. The predicted octanol–water partition coefficient (Wildman–Crippen LogP) is 4.19. The molecule has 1 aliphatic heterocycles. The first-order chi connectivity index (χ1) is 10.8. The van der Waals surface area contributed by atoms with Crippen LogP contribution in [-0.4, -0.2) is 17.7 Å². The molecule has 1 aromatic rings. The summed E-state index contributed by atoms with van der Waals surface area (Å²) in [5.41, 5.74) is 0.875. The van der Waals surface area contributed by atoms with Crippen molar-refractivity contribution in [2.24, 2.45) is 5.41 Å². The molecule has 1 heterocycles. The molecule has 1 saturated carbocycles. The largest absolute Gasteiger partial charge is 0.457 e. The number of anilines is 1. The Labute approximate surface area is 136 Å². The van der Waals surface area contributed by atoms with Crippen molar-refractivity contribution in [3.63, 3.8) is 0 Å². The van der Waals surface area contributed by atoms with Gasteiger partial charge in [-0.15, -0.1) is 0 Å². The van der Waals surface area contributed by atoms with Crippen LogP contribution in [0.5, 0.6) is 0 Å². The van der Waals surface area contributed by atoms with Crippen LogP contribution >= 0.6 is 0 Å². The predicted molar refractivity (Wildman–Crippen MR) is 86.0 cm³/mol. The van der Waals surface area contributed by atoms with Crippen LogP contribution in [0.2, 0.25) is 0 Å². The molecule has 1 aromatic carbocycles. The molecule has 1 aliphatic carbocycles. The first-order valence-corrected chi connectivity index (χ1v) is 8.09. The fourth-order valence-corrected chi connectivity index (χ4v) is 3.13. The van der Waals surface area contributed by atoms with Crippen LogP contribution in [-0.2, 0) is 14.3 Å². The number of amides is 1. The van der Waals surface area contributed by atoms with Crippen molar-refractivity contribution < 1.29 is 19.1 Å². The van der Waals surface area contributed by atoms with Crippen molar-refractivity contribution in [3.05, 3.63) is 29.8 Å². The van der Waals surface area contributed by atoms with E-state index in [1.165, 1.54) is 0 Å². The second-order valence-electron chi connectivity index (χ2n) is 7.48. The summed E-state index contributed by atoms with van der Waals surface area (Å²) in [5.74, 6) is -0.0512. The average molecular weight is 317 g/mol. The number of carbonyl (C=O) groups is 2. The highest BCUT2D eigenvalue weighted by atomic mass is 16.6. The van der Waals surface area contributed by atoms with E-state index in [9.17, 15) is 9.59 Å². The Morgan fingerprint density at radius 2 is 1.91 bits per heavy atom. The number of carbonyl (C=O) groups excluding carboxylic acids is 2. The lowest BCUT2D eigenvalue weighted by molar-refractivity contribution is -0.152. The number of hydrogen-bond donors (Lipinski definition) is 1. The normalized spacial score (nSPS) is 22.4. The van der Waals surface area contributed by atoms with Gasteiger partial charge in [0.1, 0.15) is 11.7 Å². The maximum absolute atomic E-state index is 12.0. The smallest absolute Gasteiger partial charge is 0.412 e. The highest BCUT2D eigenvalue weighted by molar-refractivity contribution is 5.85. The molecule has 1 spiro atoms. The fourth-order valence-electron chi connectivity index (χ4n) is 3.13. The van der Waals surface area contributed by atoms with E-state index in [1.54, 1.807) is 12.1 Å². The zero-order valence-corrected chi connectivity index (χ0v) is 13.8. The third kappa shape index (κ3) is 3.33. The number of ether oxygens (including phenoxy) is 2. The van der Waals surface area contributed by atoms with Crippen LogP contribution < -0.4 is 5.32 Å². The molecule has 1 saturated heterocycles. The quantitative estimate of drug-likeness (QED) is 0.831. The maximum atomic E-state index is 12.0. The van der Waals surface area contributed by atoms with Crippen LogP contribution in [0.4, 0.5) is 10.5 Å². The molecule has 5 nitrogen and oxygen atoms in total. The van der Waals surface area contributed by atoms with Crippen LogP contribution in [0.3, 0.4) is 0 Å². The first kappa shape index (κ1) is 15.8. The van der Waals surface area contributed by atoms with Gasteiger partial charge >= 0.3 is 12.1 Å². The van der Waals surface area contributed by atoms with Gasteiger partial charge in [-0.2, -0.15) is 0 Å². The van der Waals surface area contributed by atoms with E-state index < -0.39 is 11.7 Å². The van der Waals surface area contributed by atoms with E-state index >= 15 is 0 Å². The minimum absolute atomic E-state index is 0.0512. The molecule has 1 unspecified atom stereocenters. The van der Waals surface area contributed by atoms with Gasteiger partial charge in [-0.3, -0.25) is 10.1 Å². The van der Waals surface area contributed by atoms with Crippen LogP contribution in [0, 0.1) is 5.41 Å². The highest BCUT2D eigenvalue weighted by Gasteiger charge is 2.53. The lowest BCUT2D eigenvalue weighted by Crippen LogP contribution is -2.33. The van der Waals surface area contributed by atoms with Crippen LogP contribution in [0.1, 0.15) is 58.1 Å². The van der Waals surface area contributed by atoms with Crippen molar-refractivity contribution in [1.82, 2.24) is 0 Å². The molecule has 124 valence electrons. The van der Waals surface area contributed by atoms with Gasteiger partial charge in [0, 0.05) is 12.1 Å². The second-order valence-corrected chi connectivity index (χ2v) is 7.48. The molecular formula is C18H23NO4. The average Bonchev–Trinajstić information content (AvgIpc) is 2.75. The summed E-state index contributed by atoms with van der Waals surface area (Å²) in [6, 6.07) is 7.39. The minimum atomic E-state index is -0.529. The van der Waals surface area contributed by atoms with Crippen LogP contribution in [0.15, 0.2) is 24.3 Å². The van der Waals surface area contributed by atoms with E-state index in [4.69, 9.17) is 9.47 Å². The SMILES string of the molecule is CC(C)(C)OC(=O)Nc1ccc(C2CC3(CCC3)C(=O)O2)cc1. The van der Waals surface area contributed by atoms with Gasteiger partial charge in [0.2, 0.25) is 0 Å². The Balaban J connectivity index is 1.62. The van der Waals surface area contributed by atoms with E-state index in [1.807, 2.05) is 32.9 Å². The zero-order valence-electron chi connectivity index (χ0n) is 13.8. The van der Waals surface area contributed by atoms with Gasteiger partial charge in [0.25, 0.3) is 0 Å². The van der Waals surface area contributed by atoms with E-state index in [-0.39, 0.29) is 17.5 Å². The first-order valence-electron chi connectivity index (χ1n) is 8.09. The van der Waals surface area contributed by atoms with Crippen molar-refractivity contribution in [2.45, 2.75) is 58.2 Å². The van der Waals surface area contributed by atoms with Crippen molar-refractivity contribution in [2.75, 3.05) is 5.32 Å². The van der Waals surface area contributed by atoms with E-state index in [2.05, 4.69) is 5.32 Å². The minimum Gasteiger partial charge on any atom is -0.457 e. The fraction of sp³-hybridized carbons (Fsp3) is 0.556. The Bertz CT molecular complexity index is 611. The molecule has 1 atom stereocenters. The van der Waals surface area contributed by atoms with Crippen molar-refractivity contribution in [3.8, 4) is 0 Å². The zero-order chi connectivity index (χ0) is 16.7. The van der Waals surface area contributed by atoms with Gasteiger partial charge in [-0.05, 0) is 51.3 Å². The Morgan fingerprint density at radius 3 is 2.39 bits per heavy atom. The number of nitrogens with one attached hydrogen (secondary N) is 1. The molecular weight excluding hydrogens is 294 g/mol. The van der Waals surface area contributed by atoms with E-state index in [0.29, 0.717) is 5.69 Å². The molecule has 23 heavy (non-hydrogen) atoms. The van der Waals surface area contributed by atoms with Gasteiger partial charge in [0.15, 0.2) is 0 Å². The number of hydrogen-bond acceptors (Lipinski definition) is 4. The van der Waals surface area contributed by atoms with Gasteiger partial charge < -0.3 is 9.47 Å². The Kier molecular flexibility index (Phi) is 3.82. The summed E-state index contributed by atoms with van der Waals surface area (Å²) >= 11 is 0. The number of rotatable bonds is 2. The molecule has 0 aromatic heterocycles. The lowest BCUT2D eigenvalue weighted by atomic mass is 9.67. The van der Waals surface area contributed by atoms with Crippen molar-refractivity contribution >= 4 is 17.7 Å². The molecule has 0 radical (unpaired) electrons. The lowest BCUT2D eigenvalue weighted by Gasteiger charge is -2.33. The van der Waals surface area contributed by atoms with Gasteiger partial charge in [-0.1, -0.05) is 18.6 Å². The molecule has 3 rings (SSSR count). The van der Waals surface area contributed by atoms with E-state index in [0.717, 1.165) is 31.2 Å². The third-order valence-corrected chi connectivity index (χ3v) is 4.50. The molecule has 5 heteroatoms. The van der Waals surface area contributed by atoms with Crippen LogP contribution in [0.25, 0.3) is 0 Å². The number of cyclic esters (lactones) is 1. The summed E-state index contributed by atoms with van der Waals surface area (Å²) < 4.78 is 10.8. The molecule has 2 aliphatic rings. The maximum Gasteiger partial charge on any atom is 0.412 e. The molecule has 1 amide bonds. The second kappa shape index (κ2) is 5.55. The molecule has 1 N–H and O–H groups in total. The molecule has 2 fully saturated rings. The van der Waals surface area contributed by atoms with Gasteiger partial charge in [0.05, 0.1) is 5.41 Å². The number of esters is 1. The molecule has 0 bridgehead atoms.